The fourth-order valence-electron chi connectivity index (χ4n) is 1.92. The summed E-state index contributed by atoms with van der Waals surface area (Å²) in [6.45, 7) is 1.79. The van der Waals surface area contributed by atoms with Gasteiger partial charge >= 0.3 is 0 Å². The standard InChI is InChI=1S/C12H14Br2N2O/c13-9-4-1-5-10(14)11(9)16-12(17)8-3-2-6-15-7-8/h1,4-5,8,15H,2-3,6-7H2,(H,16,17)/t8-/m1/s1. The lowest BCUT2D eigenvalue weighted by atomic mass is 9.99. The Bertz CT molecular complexity index is 397. The van der Waals surface area contributed by atoms with Crippen LogP contribution in [-0.2, 0) is 4.79 Å². The van der Waals surface area contributed by atoms with Crippen molar-refractivity contribution in [2.45, 2.75) is 12.8 Å². The Balaban J connectivity index is 2.07. The number of hydrogen-bond acceptors (Lipinski definition) is 2. The summed E-state index contributed by atoms with van der Waals surface area (Å²) in [6.07, 6.45) is 2.02. The molecule has 1 amide bonds. The second-order valence-electron chi connectivity index (χ2n) is 4.13. The summed E-state index contributed by atoms with van der Waals surface area (Å²) in [5.41, 5.74) is 0.808. The molecule has 1 heterocycles. The van der Waals surface area contributed by atoms with Gasteiger partial charge in [0.15, 0.2) is 0 Å². The molecular formula is C12H14Br2N2O. The first-order valence-electron chi connectivity index (χ1n) is 5.64. The van der Waals surface area contributed by atoms with Gasteiger partial charge in [0, 0.05) is 15.5 Å². The van der Waals surface area contributed by atoms with Gasteiger partial charge in [-0.1, -0.05) is 6.07 Å². The van der Waals surface area contributed by atoms with Crippen LogP contribution in [0.15, 0.2) is 27.1 Å². The van der Waals surface area contributed by atoms with Crippen LogP contribution < -0.4 is 10.6 Å². The van der Waals surface area contributed by atoms with Crippen LogP contribution in [0.1, 0.15) is 12.8 Å². The Labute approximate surface area is 118 Å². The number of nitrogens with one attached hydrogen (secondary N) is 2. The lowest BCUT2D eigenvalue weighted by Crippen LogP contribution is -2.37. The van der Waals surface area contributed by atoms with Crippen LogP contribution in [-0.4, -0.2) is 19.0 Å². The van der Waals surface area contributed by atoms with E-state index in [0.717, 1.165) is 40.6 Å². The molecule has 0 saturated carbocycles. The molecule has 0 unspecified atom stereocenters. The van der Waals surface area contributed by atoms with E-state index in [4.69, 9.17) is 0 Å². The molecular weight excluding hydrogens is 348 g/mol. The van der Waals surface area contributed by atoms with Crippen molar-refractivity contribution < 1.29 is 4.79 Å². The van der Waals surface area contributed by atoms with Crippen molar-refractivity contribution in [3.05, 3.63) is 27.1 Å². The molecule has 0 radical (unpaired) electrons. The van der Waals surface area contributed by atoms with Crippen LogP contribution in [0.4, 0.5) is 5.69 Å². The molecule has 0 aromatic heterocycles. The summed E-state index contributed by atoms with van der Waals surface area (Å²) in [5.74, 6) is 0.160. The third-order valence-electron chi connectivity index (χ3n) is 2.88. The Kier molecular flexibility index (Phi) is 4.59. The Morgan fingerprint density at radius 1 is 1.35 bits per heavy atom. The van der Waals surface area contributed by atoms with Gasteiger partial charge in [0.05, 0.1) is 11.6 Å². The first-order valence-corrected chi connectivity index (χ1v) is 7.22. The maximum atomic E-state index is 12.1. The normalized spacial score (nSPS) is 20.0. The topological polar surface area (TPSA) is 41.1 Å². The average molecular weight is 362 g/mol. The van der Waals surface area contributed by atoms with Gasteiger partial charge < -0.3 is 10.6 Å². The van der Waals surface area contributed by atoms with E-state index in [1.165, 1.54) is 0 Å². The zero-order chi connectivity index (χ0) is 12.3. The molecule has 0 bridgehead atoms. The van der Waals surface area contributed by atoms with Crippen molar-refractivity contribution in [1.29, 1.82) is 0 Å². The third-order valence-corrected chi connectivity index (χ3v) is 4.20. The first-order chi connectivity index (χ1) is 8.18. The predicted octanol–water partition coefficient (Wildman–Crippen LogP) is 3.15. The van der Waals surface area contributed by atoms with E-state index in [2.05, 4.69) is 42.5 Å². The van der Waals surface area contributed by atoms with Crippen LogP contribution in [0.25, 0.3) is 0 Å². The van der Waals surface area contributed by atoms with Gasteiger partial charge in [0.1, 0.15) is 0 Å². The van der Waals surface area contributed by atoms with Crippen molar-refractivity contribution >= 4 is 43.5 Å². The zero-order valence-electron chi connectivity index (χ0n) is 9.30. The summed E-state index contributed by atoms with van der Waals surface area (Å²) in [6, 6.07) is 5.75. The van der Waals surface area contributed by atoms with Crippen LogP contribution in [0.3, 0.4) is 0 Å². The van der Waals surface area contributed by atoms with Gasteiger partial charge in [0.2, 0.25) is 5.91 Å². The SMILES string of the molecule is O=C(Nc1c(Br)cccc1Br)[C@@H]1CCCNC1. The van der Waals surface area contributed by atoms with Gasteiger partial charge in [-0.05, 0) is 63.4 Å². The molecule has 1 aliphatic heterocycles. The number of carbonyl (C=O) groups excluding carboxylic acids is 1. The molecule has 0 aliphatic carbocycles. The highest BCUT2D eigenvalue weighted by molar-refractivity contribution is 9.11. The summed E-state index contributed by atoms with van der Waals surface area (Å²) >= 11 is 6.88. The molecule has 1 aromatic rings. The Hall–Kier alpha value is -0.390. The van der Waals surface area contributed by atoms with Crippen molar-refractivity contribution in [2.75, 3.05) is 18.4 Å². The minimum absolute atomic E-state index is 0.0720. The lowest BCUT2D eigenvalue weighted by Gasteiger charge is -2.22. The maximum Gasteiger partial charge on any atom is 0.228 e. The van der Waals surface area contributed by atoms with E-state index in [1.807, 2.05) is 18.2 Å². The molecule has 2 N–H and O–H groups in total. The number of halogens is 2. The van der Waals surface area contributed by atoms with E-state index in [9.17, 15) is 4.79 Å². The molecule has 1 aromatic carbocycles. The monoisotopic (exact) mass is 360 g/mol. The van der Waals surface area contributed by atoms with Crippen molar-refractivity contribution in [3.63, 3.8) is 0 Å². The number of piperidine rings is 1. The fraction of sp³-hybridized carbons (Fsp3) is 0.417. The fourth-order valence-corrected chi connectivity index (χ4v) is 3.11. The lowest BCUT2D eigenvalue weighted by molar-refractivity contribution is -0.120. The van der Waals surface area contributed by atoms with E-state index >= 15 is 0 Å². The number of anilines is 1. The molecule has 17 heavy (non-hydrogen) atoms. The molecule has 1 atom stereocenters. The average Bonchev–Trinajstić information content (AvgIpc) is 2.35. The van der Waals surface area contributed by atoms with Gasteiger partial charge in [-0.25, -0.2) is 0 Å². The van der Waals surface area contributed by atoms with Crippen molar-refractivity contribution in [2.24, 2.45) is 5.92 Å². The van der Waals surface area contributed by atoms with Gasteiger partial charge in [0.25, 0.3) is 0 Å². The second kappa shape index (κ2) is 5.98. The van der Waals surface area contributed by atoms with Gasteiger partial charge in [-0.15, -0.1) is 0 Å². The number of carbonyl (C=O) groups is 1. The van der Waals surface area contributed by atoms with Crippen molar-refractivity contribution in [1.82, 2.24) is 5.32 Å². The van der Waals surface area contributed by atoms with E-state index in [-0.39, 0.29) is 11.8 Å². The summed E-state index contributed by atoms with van der Waals surface area (Å²) in [7, 11) is 0. The van der Waals surface area contributed by atoms with Crippen LogP contribution in [0, 0.1) is 5.92 Å². The smallest absolute Gasteiger partial charge is 0.228 e. The Morgan fingerprint density at radius 2 is 2.06 bits per heavy atom. The molecule has 92 valence electrons. The third kappa shape index (κ3) is 3.30. The highest BCUT2D eigenvalue weighted by Gasteiger charge is 2.21. The molecule has 1 aliphatic rings. The van der Waals surface area contributed by atoms with E-state index in [0.29, 0.717) is 0 Å². The van der Waals surface area contributed by atoms with E-state index < -0.39 is 0 Å². The first kappa shape index (κ1) is 13.1. The summed E-state index contributed by atoms with van der Waals surface area (Å²) in [5, 5.41) is 6.22. The van der Waals surface area contributed by atoms with Crippen molar-refractivity contribution in [3.8, 4) is 0 Å². The van der Waals surface area contributed by atoms with Crippen LogP contribution in [0.2, 0.25) is 0 Å². The van der Waals surface area contributed by atoms with Gasteiger partial charge in [-0.2, -0.15) is 0 Å². The highest BCUT2D eigenvalue weighted by Crippen LogP contribution is 2.31. The Morgan fingerprint density at radius 3 is 2.65 bits per heavy atom. The molecule has 1 fully saturated rings. The molecule has 5 heteroatoms. The quantitative estimate of drug-likeness (QED) is 0.849. The molecule has 0 spiro atoms. The van der Waals surface area contributed by atoms with Crippen LogP contribution >= 0.6 is 31.9 Å². The second-order valence-corrected chi connectivity index (χ2v) is 5.84. The van der Waals surface area contributed by atoms with Crippen LogP contribution in [0.5, 0.6) is 0 Å². The number of hydrogen-bond donors (Lipinski definition) is 2. The molecule has 1 saturated heterocycles. The number of amides is 1. The minimum Gasteiger partial charge on any atom is -0.324 e. The molecule has 3 nitrogen and oxygen atoms in total. The molecule has 2 rings (SSSR count). The maximum absolute atomic E-state index is 12.1. The largest absolute Gasteiger partial charge is 0.324 e. The number of para-hydroxylation sites is 1. The zero-order valence-corrected chi connectivity index (χ0v) is 12.5. The highest BCUT2D eigenvalue weighted by atomic mass is 79.9. The minimum atomic E-state index is 0.0720. The number of benzene rings is 1. The number of rotatable bonds is 2. The summed E-state index contributed by atoms with van der Waals surface area (Å²) < 4.78 is 1.79. The van der Waals surface area contributed by atoms with E-state index in [1.54, 1.807) is 0 Å². The van der Waals surface area contributed by atoms with Gasteiger partial charge in [-0.3, -0.25) is 4.79 Å². The summed E-state index contributed by atoms with van der Waals surface area (Å²) in [4.78, 5) is 12.1. The predicted molar refractivity (Wildman–Crippen MR) is 76.1 cm³/mol.